The Hall–Kier alpha value is -7.24. The van der Waals surface area contributed by atoms with Crippen molar-refractivity contribution in [2.45, 2.75) is 126 Å². The Bertz CT molecular complexity index is 3550. The molecule has 5 fully saturated rings. The summed E-state index contributed by atoms with van der Waals surface area (Å²) in [6, 6.07) is 23.9. The molecule has 1 amide bonds. The van der Waals surface area contributed by atoms with Crippen LogP contribution in [0.1, 0.15) is 106 Å². The fourth-order valence-electron chi connectivity index (χ4n) is 14.0. The third-order valence-corrected chi connectivity index (χ3v) is 19.9. The molecule has 5 aliphatic heterocycles. The first kappa shape index (κ1) is 55.9. The summed E-state index contributed by atoms with van der Waals surface area (Å²) >= 11 is 0. The largest absolute Gasteiger partial charge is 0.491 e. The number of nitrogens with zero attached hydrogens (tertiary/aromatic N) is 7. The van der Waals surface area contributed by atoms with Gasteiger partial charge in [-0.1, -0.05) is 18.2 Å². The minimum atomic E-state index is -4.65. The van der Waals surface area contributed by atoms with Crippen LogP contribution in [0.15, 0.2) is 96.2 Å². The van der Waals surface area contributed by atoms with Gasteiger partial charge in [0, 0.05) is 93.6 Å². The van der Waals surface area contributed by atoms with E-state index in [0.717, 1.165) is 106 Å². The molecule has 7 aliphatic rings. The van der Waals surface area contributed by atoms with Crippen LogP contribution in [0.25, 0.3) is 11.0 Å². The molecular formula is C62H74N10O11S. The van der Waals surface area contributed by atoms with Crippen LogP contribution in [-0.4, -0.2) is 145 Å². The van der Waals surface area contributed by atoms with Crippen LogP contribution < -0.4 is 38.8 Å². The maximum absolute atomic E-state index is 14.9. The first-order valence-electron chi connectivity index (χ1n) is 29.8. The molecule has 84 heavy (non-hydrogen) atoms. The smallest absolute Gasteiger partial charge is 0.293 e. The number of fused-ring (bicyclic) bond motifs is 4. The van der Waals surface area contributed by atoms with E-state index >= 15 is 0 Å². The minimum absolute atomic E-state index is 0.0284. The van der Waals surface area contributed by atoms with Crippen molar-refractivity contribution in [1.82, 2.24) is 29.5 Å². The predicted molar refractivity (Wildman–Crippen MR) is 316 cm³/mol. The number of rotatable bonds is 15. The van der Waals surface area contributed by atoms with Gasteiger partial charge < -0.3 is 48.9 Å². The molecule has 3 aromatic heterocycles. The van der Waals surface area contributed by atoms with Crippen molar-refractivity contribution in [2.24, 2.45) is 11.3 Å². The highest BCUT2D eigenvalue weighted by molar-refractivity contribution is 7.90. The molecule has 0 bridgehead atoms. The first-order valence-corrected chi connectivity index (χ1v) is 31.2. The Kier molecular flexibility index (Phi) is 15.1. The lowest BCUT2D eigenvalue weighted by atomic mass is 9.59. The number of carbonyl (C=O) groups is 1. The molecule has 22 heteroatoms. The monoisotopic (exact) mass is 1170 g/mol. The number of aliphatic hydroxyl groups is 1. The fourth-order valence-corrected chi connectivity index (χ4v) is 15.0. The maximum Gasteiger partial charge on any atom is 0.293 e. The van der Waals surface area contributed by atoms with E-state index < -0.39 is 43.1 Å². The summed E-state index contributed by atoms with van der Waals surface area (Å²) in [4.78, 5) is 48.6. The molecule has 21 nitrogen and oxygen atoms in total. The van der Waals surface area contributed by atoms with Gasteiger partial charge in [0.25, 0.3) is 27.5 Å². The number of piperazine rings is 1. The van der Waals surface area contributed by atoms with Gasteiger partial charge in [-0.05, 0) is 150 Å². The van der Waals surface area contributed by atoms with Gasteiger partial charge in [0.1, 0.15) is 42.1 Å². The SMILES string of the molecule is CC(C)Oc1ccccc1[C@H]1CN(Cc2cnc3c(c2)OCCO3)CCN1C1CC2(CCN(c3ccc(C(=O)NS(=O)(=O)c4ccc(NC[C@H]5CC[C@](C)(O)CC5)c([N+](=O)[O-])c4)c(N4c5cc6cc[nH]c6nc5O[C@H]5COCC[C@@H]54)c3)CC2)C1. The van der Waals surface area contributed by atoms with Crippen LogP contribution in [-0.2, 0) is 21.3 Å². The van der Waals surface area contributed by atoms with Crippen LogP contribution >= 0.6 is 0 Å². The first-order chi connectivity index (χ1) is 40.5. The third kappa shape index (κ3) is 11.3. The van der Waals surface area contributed by atoms with E-state index in [1.54, 1.807) is 12.3 Å². The van der Waals surface area contributed by atoms with Crippen LogP contribution in [0.4, 0.5) is 28.4 Å². The van der Waals surface area contributed by atoms with E-state index in [9.17, 15) is 28.4 Å². The molecule has 0 radical (unpaired) electrons. The number of para-hydroxylation sites is 1. The van der Waals surface area contributed by atoms with Gasteiger partial charge in [-0.2, -0.15) is 4.98 Å². The molecule has 444 valence electrons. The Morgan fingerprint density at radius 2 is 1.74 bits per heavy atom. The lowest BCUT2D eigenvalue weighted by molar-refractivity contribution is -0.384. The minimum Gasteiger partial charge on any atom is -0.491 e. The number of anilines is 4. The average Bonchev–Trinajstić information content (AvgIpc) is 1.94. The second-order valence-corrected chi connectivity index (χ2v) is 26.3. The van der Waals surface area contributed by atoms with Gasteiger partial charge in [0.05, 0.1) is 51.5 Å². The summed E-state index contributed by atoms with van der Waals surface area (Å²) in [5.41, 5.74) is 4.21. The molecule has 3 saturated heterocycles. The number of nitro benzene ring substituents is 1. The van der Waals surface area contributed by atoms with E-state index in [1.807, 2.05) is 37.4 Å². The number of H-pyrrole nitrogens is 1. The molecule has 8 heterocycles. The molecule has 4 N–H and O–H groups in total. The van der Waals surface area contributed by atoms with Crippen LogP contribution in [0.5, 0.6) is 23.3 Å². The summed E-state index contributed by atoms with van der Waals surface area (Å²) < 4.78 is 61.5. The van der Waals surface area contributed by atoms with Crippen LogP contribution in [0.3, 0.4) is 0 Å². The van der Waals surface area contributed by atoms with Crippen molar-refractivity contribution in [3.63, 3.8) is 0 Å². The van der Waals surface area contributed by atoms with Gasteiger partial charge in [-0.25, -0.2) is 18.1 Å². The predicted octanol–water partition coefficient (Wildman–Crippen LogP) is 8.89. The van der Waals surface area contributed by atoms with Gasteiger partial charge in [-0.15, -0.1) is 0 Å². The molecular weight excluding hydrogens is 1090 g/mol. The lowest BCUT2D eigenvalue weighted by Crippen LogP contribution is -2.59. The number of aromatic amines is 1. The standard InChI is InChI=1S/C62H74N10O11S/c1-39(2)82-54-7-5-4-6-46(54)53-37-68(36-41-28-55-60(65-35-41)81-27-26-80-55)23-24-70(53)44-32-62(33-44)18-21-69(22-19-62)43-8-10-47(50(30-43)71-49-15-25-79-38-56(49)83-59-52(71)29-42-14-20-63-57(42)66-59)58(73)67-84(77,78)45-9-11-48(51(31-45)72(75)76)64-34-40-12-16-61(3,74)17-13-40/h4-11,14,20,28-31,35,39-40,44,49,53,56,64,74H,12-13,15-19,21-27,32-34,36-38H2,1-3H3,(H,63,66)(H,67,73)/t40-,49-,53+,56-,61-/m0/s1. The zero-order valence-electron chi connectivity index (χ0n) is 47.8. The van der Waals surface area contributed by atoms with E-state index in [1.165, 1.54) is 17.7 Å². The molecule has 0 unspecified atom stereocenters. The van der Waals surface area contributed by atoms with Crippen molar-refractivity contribution in [2.75, 3.05) is 80.8 Å². The number of aromatic nitrogens is 3. The number of nitrogens with one attached hydrogen (secondary N) is 3. The Balaban J connectivity index is 0.752. The molecule has 2 saturated carbocycles. The number of benzene rings is 3. The molecule has 3 aromatic carbocycles. The Morgan fingerprint density at radius 1 is 0.929 bits per heavy atom. The second kappa shape index (κ2) is 22.6. The zero-order chi connectivity index (χ0) is 57.9. The number of sulfonamides is 1. The summed E-state index contributed by atoms with van der Waals surface area (Å²) in [5, 5.41) is 26.9. The second-order valence-electron chi connectivity index (χ2n) is 24.7. The molecule has 2 aliphatic carbocycles. The van der Waals surface area contributed by atoms with Gasteiger partial charge in [0.2, 0.25) is 5.88 Å². The highest BCUT2D eigenvalue weighted by Crippen LogP contribution is 2.54. The number of ether oxygens (including phenoxy) is 5. The van der Waals surface area contributed by atoms with Crippen molar-refractivity contribution >= 4 is 55.4 Å². The average molecular weight is 1170 g/mol. The number of hydrogen-bond donors (Lipinski definition) is 4. The van der Waals surface area contributed by atoms with Crippen molar-refractivity contribution in [3.8, 4) is 23.3 Å². The van der Waals surface area contributed by atoms with Crippen molar-refractivity contribution < 1.29 is 46.9 Å². The topological polar surface area (TPSA) is 239 Å². The molecule has 6 aromatic rings. The van der Waals surface area contributed by atoms with E-state index in [0.29, 0.717) is 86.2 Å². The Morgan fingerprint density at radius 3 is 2.55 bits per heavy atom. The lowest BCUT2D eigenvalue weighted by Gasteiger charge is -2.58. The van der Waals surface area contributed by atoms with Gasteiger partial charge >= 0.3 is 0 Å². The van der Waals surface area contributed by atoms with E-state index in [4.69, 9.17) is 28.7 Å². The van der Waals surface area contributed by atoms with E-state index in [2.05, 4.69) is 83.8 Å². The summed E-state index contributed by atoms with van der Waals surface area (Å²) in [5.74, 6) is 1.82. The number of pyridine rings is 2. The van der Waals surface area contributed by atoms with Crippen molar-refractivity contribution in [3.05, 3.63) is 118 Å². The summed E-state index contributed by atoms with van der Waals surface area (Å²) in [6.07, 6.45) is 10.7. The third-order valence-electron chi connectivity index (χ3n) is 18.6. The van der Waals surface area contributed by atoms with Crippen LogP contribution in [0.2, 0.25) is 0 Å². The number of hydrogen-bond acceptors (Lipinski definition) is 18. The normalized spacial score (nSPS) is 24.4. The number of amides is 1. The fraction of sp³-hybridized carbons (Fsp3) is 0.500. The highest BCUT2D eigenvalue weighted by Gasteiger charge is 2.51. The number of carbonyl (C=O) groups excluding carboxylic acids is 1. The highest BCUT2D eigenvalue weighted by atomic mass is 32.2. The maximum atomic E-state index is 14.9. The summed E-state index contributed by atoms with van der Waals surface area (Å²) in [7, 11) is -4.65. The quantitative estimate of drug-likeness (QED) is 0.0554. The van der Waals surface area contributed by atoms with Gasteiger partial charge in [-0.3, -0.25) is 24.7 Å². The number of nitro groups is 1. The Labute approximate surface area is 489 Å². The molecule has 1 spiro atoms. The zero-order valence-corrected chi connectivity index (χ0v) is 48.7. The number of piperidine rings is 1. The van der Waals surface area contributed by atoms with Gasteiger partial charge in [0.15, 0.2) is 5.75 Å². The van der Waals surface area contributed by atoms with E-state index in [-0.39, 0.29) is 47.4 Å². The van der Waals surface area contributed by atoms with Crippen molar-refractivity contribution in [1.29, 1.82) is 0 Å². The summed E-state index contributed by atoms with van der Waals surface area (Å²) in [6.45, 7) is 13.1. The molecule has 13 rings (SSSR count). The van der Waals surface area contributed by atoms with Crippen LogP contribution in [0, 0.1) is 21.4 Å². The molecule has 3 atom stereocenters.